The van der Waals surface area contributed by atoms with Crippen molar-refractivity contribution >= 4 is 16.1 Å². The van der Waals surface area contributed by atoms with Gasteiger partial charge in [0.15, 0.2) is 0 Å². The highest BCUT2D eigenvalue weighted by Gasteiger charge is 2.43. The van der Waals surface area contributed by atoms with Crippen molar-refractivity contribution in [3.05, 3.63) is 84.4 Å². The molecule has 10 nitrogen and oxygen atoms in total. The summed E-state index contributed by atoms with van der Waals surface area (Å²) in [6.45, 7) is 3.77. The molecule has 0 fully saturated rings. The average Bonchev–Trinajstić information content (AvgIpc) is 2.91. The lowest BCUT2D eigenvalue weighted by Gasteiger charge is -2.40. The van der Waals surface area contributed by atoms with E-state index in [0.29, 0.717) is 11.3 Å². The number of nitrogens with one attached hydrogen (secondary N) is 1. The molecule has 38 heavy (non-hydrogen) atoms. The van der Waals surface area contributed by atoms with Gasteiger partial charge in [0.1, 0.15) is 24.4 Å². The monoisotopic (exact) mass is 542 g/mol. The van der Waals surface area contributed by atoms with Crippen LogP contribution in [0.5, 0.6) is 5.75 Å². The van der Waals surface area contributed by atoms with Gasteiger partial charge >= 0.3 is 6.09 Å². The third-order valence-corrected chi connectivity index (χ3v) is 7.69. The van der Waals surface area contributed by atoms with Crippen molar-refractivity contribution in [2.24, 2.45) is 5.92 Å². The molecule has 0 bridgehead atoms. The van der Waals surface area contributed by atoms with Crippen LogP contribution < -0.4 is 10.1 Å². The van der Waals surface area contributed by atoms with Gasteiger partial charge in [-0.1, -0.05) is 44.2 Å². The van der Waals surface area contributed by atoms with Gasteiger partial charge in [-0.05, 0) is 35.7 Å². The van der Waals surface area contributed by atoms with Gasteiger partial charge in [-0.2, -0.15) is 4.31 Å². The van der Waals surface area contributed by atoms with Gasteiger partial charge in [-0.25, -0.2) is 23.2 Å². The number of sulfonamides is 1. The van der Waals surface area contributed by atoms with Crippen LogP contribution in [-0.4, -0.2) is 59.8 Å². The third-order valence-electron chi connectivity index (χ3n) is 5.75. The number of carbonyl (C=O) groups excluding carboxylic acids is 1. The molecule has 0 spiro atoms. The Kier molecular flexibility index (Phi) is 10.2. The van der Waals surface area contributed by atoms with Crippen molar-refractivity contribution in [2.75, 3.05) is 20.2 Å². The van der Waals surface area contributed by atoms with E-state index in [-0.39, 0.29) is 43.4 Å². The van der Waals surface area contributed by atoms with E-state index in [0.717, 1.165) is 9.87 Å². The predicted molar refractivity (Wildman–Crippen MR) is 142 cm³/mol. The number of carbonyl (C=O) groups is 1. The molecule has 204 valence electrons. The lowest BCUT2D eigenvalue weighted by atomic mass is 9.98. The summed E-state index contributed by atoms with van der Waals surface area (Å²) >= 11 is 0. The summed E-state index contributed by atoms with van der Waals surface area (Å²) in [6, 6.07) is 15.2. The smallest absolute Gasteiger partial charge is 0.407 e. The molecule has 1 aromatic heterocycles. The minimum absolute atomic E-state index is 0.0215. The van der Waals surface area contributed by atoms with E-state index in [2.05, 4.69) is 15.3 Å². The van der Waals surface area contributed by atoms with E-state index in [9.17, 15) is 18.3 Å². The van der Waals surface area contributed by atoms with Crippen molar-refractivity contribution in [3.8, 4) is 5.75 Å². The molecule has 3 rings (SSSR count). The first-order valence-corrected chi connectivity index (χ1v) is 13.7. The number of amides is 1. The molecule has 1 unspecified atom stereocenters. The van der Waals surface area contributed by atoms with E-state index < -0.39 is 21.8 Å². The van der Waals surface area contributed by atoms with Gasteiger partial charge in [-0.15, -0.1) is 0 Å². The zero-order valence-corrected chi connectivity index (χ0v) is 22.6. The van der Waals surface area contributed by atoms with E-state index >= 15 is 0 Å². The third kappa shape index (κ3) is 7.98. The zero-order chi connectivity index (χ0) is 27.6. The van der Waals surface area contributed by atoms with E-state index in [1.165, 1.54) is 38.0 Å². The average molecular weight is 543 g/mol. The number of hydrogen-bond acceptors (Lipinski definition) is 8. The molecule has 1 amide bonds. The molecule has 11 heteroatoms. The Bertz CT molecular complexity index is 1260. The molecule has 0 aliphatic rings. The maximum Gasteiger partial charge on any atom is 0.407 e. The topological polar surface area (TPSA) is 131 Å². The van der Waals surface area contributed by atoms with Crippen LogP contribution in [0, 0.1) is 5.92 Å². The number of methoxy groups -OCH3 is 1. The second-order valence-electron chi connectivity index (χ2n) is 9.25. The molecule has 3 aromatic rings. The minimum Gasteiger partial charge on any atom is -0.497 e. The summed E-state index contributed by atoms with van der Waals surface area (Å²) in [5.41, 5.74) is -0.470. The molecule has 1 heterocycles. The van der Waals surface area contributed by atoms with Gasteiger partial charge in [0.25, 0.3) is 0 Å². The SMILES string of the molecule is COc1ccc(S(=O)(=O)N(CC(C)C)C(O)(CCNC(=O)OCc2cncnc2)Cc2ccccc2)cc1. The first-order chi connectivity index (χ1) is 18.1. The fraction of sp³-hybridized carbons (Fsp3) is 0.370. The maximum absolute atomic E-state index is 13.9. The van der Waals surface area contributed by atoms with Crippen LogP contribution in [0.4, 0.5) is 4.79 Å². The fourth-order valence-corrected chi connectivity index (χ4v) is 5.72. The highest BCUT2D eigenvalue weighted by atomic mass is 32.2. The zero-order valence-electron chi connectivity index (χ0n) is 21.8. The minimum atomic E-state index is -4.13. The van der Waals surface area contributed by atoms with E-state index in [4.69, 9.17) is 9.47 Å². The predicted octanol–water partition coefficient (Wildman–Crippen LogP) is 3.38. The summed E-state index contributed by atoms with van der Waals surface area (Å²) in [6.07, 6.45) is 3.69. The summed E-state index contributed by atoms with van der Waals surface area (Å²) < 4.78 is 39.2. The Balaban J connectivity index is 1.84. The Morgan fingerprint density at radius 1 is 1.05 bits per heavy atom. The second kappa shape index (κ2) is 13.3. The van der Waals surface area contributed by atoms with Crippen LogP contribution in [0.2, 0.25) is 0 Å². The molecule has 2 N–H and O–H groups in total. The molecule has 0 radical (unpaired) electrons. The van der Waals surface area contributed by atoms with Crippen molar-refractivity contribution in [2.45, 2.75) is 43.9 Å². The van der Waals surface area contributed by atoms with Gasteiger partial charge < -0.3 is 19.9 Å². The summed E-state index contributed by atoms with van der Waals surface area (Å²) in [5, 5.41) is 14.6. The van der Waals surface area contributed by atoms with Gasteiger partial charge in [0.05, 0.1) is 12.0 Å². The van der Waals surface area contributed by atoms with E-state index in [1.807, 2.05) is 44.2 Å². The van der Waals surface area contributed by atoms with E-state index in [1.54, 1.807) is 12.1 Å². The normalized spacial score (nSPS) is 13.2. The largest absolute Gasteiger partial charge is 0.497 e. The number of rotatable bonds is 13. The molecule has 2 aromatic carbocycles. The highest BCUT2D eigenvalue weighted by Crippen LogP contribution is 2.31. The first kappa shape index (κ1) is 29.0. The number of aromatic nitrogens is 2. The van der Waals surface area contributed by atoms with Gasteiger partial charge in [0.2, 0.25) is 10.0 Å². The Morgan fingerprint density at radius 3 is 2.32 bits per heavy atom. The van der Waals surface area contributed by atoms with Crippen LogP contribution in [0.15, 0.2) is 78.2 Å². The standard InChI is InChI=1S/C27H34N4O6S/c1-21(2)18-31(38(34,35)25-11-9-24(36-3)10-12-25)27(33,15-22-7-5-4-6-8-22)13-14-30-26(32)37-19-23-16-28-20-29-17-23/h4-12,16-17,20-21,33H,13-15,18-19H2,1-3H3,(H,30,32). The van der Waals surface area contributed by atoms with Crippen LogP contribution in [0.1, 0.15) is 31.4 Å². The van der Waals surface area contributed by atoms with Crippen LogP contribution >= 0.6 is 0 Å². The number of benzene rings is 2. The van der Waals surface area contributed by atoms with Gasteiger partial charge in [0, 0.05) is 43.9 Å². The summed E-state index contributed by atoms with van der Waals surface area (Å²) in [5.74, 6) is 0.431. The van der Waals surface area contributed by atoms with Crippen LogP contribution in [0.3, 0.4) is 0 Å². The first-order valence-electron chi connectivity index (χ1n) is 12.2. The van der Waals surface area contributed by atoms with Crippen LogP contribution in [-0.2, 0) is 27.8 Å². The Morgan fingerprint density at radius 2 is 1.71 bits per heavy atom. The van der Waals surface area contributed by atoms with Crippen molar-refractivity contribution in [1.29, 1.82) is 0 Å². The molecule has 0 aliphatic carbocycles. The molecule has 0 saturated heterocycles. The Labute approximate surface area is 223 Å². The van der Waals surface area contributed by atoms with Crippen LogP contribution in [0.25, 0.3) is 0 Å². The van der Waals surface area contributed by atoms with Crippen molar-refractivity contribution < 1.29 is 27.8 Å². The number of nitrogens with zero attached hydrogens (tertiary/aromatic N) is 3. The second-order valence-corrected chi connectivity index (χ2v) is 11.1. The Hall–Kier alpha value is -3.54. The maximum atomic E-state index is 13.9. The van der Waals surface area contributed by atoms with Crippen molar-refractivity contribution in [1.82, 2.24) is 19.6 Å². The lowest BCUT2D eigenvalue weighted by Crippen LogP contribution is -2.55. The molecular weight excluding hydrogens is 508 g/mol. The molecule has 0 aliphatic heterocycles. The number of hydrogen-bond donors (Lipinski definition) is 2. The quantitative estimate of drug-likeness (QED) is 0.314. The number of ether oxygens (including phenoxy) is 2. The molecule has 0 saturated carbocycles. The number of aliphatic hydroxyl groups is 1. The summed E-state index contributed by atoms with van der Waals surface area (Å²) in [7, 11) is -2.63. The molecular formula is C27H34N4O6S. The lowest BCUT2D eigenvalue weighted by molar-refractivity contribution is -0.0702. The molecule has 1 atom stereocenters. The highest BCUT2D eigenvalue weighted by molar-refractivity contribution is 7.89. The number of alkyl carbamates (subject to hydrolysis) is 1. The van der Waals surface area contributed by atoms with Gasteiger partial charge in [-0.3, -0.25) is 0 Å². The van der Waals surface area contributed by atoms with Crippen molar-refractivity contribution in [3.63, 3.8) is 0 Å². The summed E-state index contributed by atoms with van der Waals surface area (Å²) in [4.78, 5) is 20.1. The fourth-order valence-electron chi connectivity index (χ4n) is 3.89.